The lowest BCUT2D eigenvalue weighted by Crippen LogP contribution is -2.12. The maximum absolute atomic E-state index is 12.1. The summed E-state index contributed by atoms with van der Waals surface area (Å²) < 4.78 is 0.903. The van der Waals surface area contributed by atoms with Gasteiger partial charge in [-0.3, -0.25) is 4.79 Å². The molecule has 0 aromatic heterocycles. The molecule has 0 aliphatic carbocycles. The molecule has 0 fully saturated rings. The summed E-state index contributed by atoms with van der Waals surface area (Å²) in [5, 5.41) is 2.89. The van der Waals surface area contributed by atoms with E-state index in [0.29, 0.717) is 11.4 Å². The van der Waals surface area contributed by atoms with Crippen LogP contribution in [0.25, 0.3) is 0 Å². The van der Waals surface area contributed by atoms with Crippen LogP contribution in [-0.4, -0.2) is 5.91 Å². The number of hydrogen-bond donors (Lipinski definition) is 1. The van der Waals surface area contributed by atoms with Gasteiger partial charge < -0.3 is 5.32 Å². The first-order chi connectivity index (χ1) is 9.11. The summed E-state index contributed by atoms with van der Waals surface area (Å²) in [6.07, 6.45) is 0. The Labute approximate surface area is 125 Å². The van der Waals surface area contributed by atoms with Crippen LogP contribution in [0.1, 0.15) is 21.5 Å². The summed E-state index contributed by atoms with van der Waals surface area (Å²) in [6.45, 7) is 1.98. The van der Waals surface area contributed by atoms with E-state index in [-0.39, 0.29) is 5.91 Å². The number of nitrogens with one attached hydrogen (secondary N) is 1. The first kappa shape index (κ1) is 14.1. The standard InChI is InChI=1S/C15H13BrClNO/c1-10-3-2-4-13(14(10)16)18-15(19)12-7-5-11(9-17)6-8-12/h2-8H,9H2,1H3,(H,18,19). The van der Waals surface area contributed by atoms with Crippen molar-refractivity contribution in [1.82, 2.24) is 0 Å². The van der Waals surface area contributed by atoms with Crippen molar-refractivity contribution in [1.29, 1.82) is 0 Å². The normalized spacial score (nSPS) is 10.3. The van der Waals surface area contributed by atoms with Crippen LogP contribution in [-0.2, 0) is 5.88 Å². The highest BCUT2D eigenvalue weighted by atomic mass is 79.9. The second-order valence-electron chi connectivity index (χ2n) is 4.22. The van der Waals surface area contributed by atoms with Crippen LogP contribution in [0.2, 0.25) is 0 Å². The number of carbonyl (C=O) groups is 1. The van der Waals surface area contributed by atoms with Crippen molar-refractivity contribution in [2.45, 2.75) is 12.8 Å². The highest BCUT2D eigenvalue weighted by Crippen LogP contribution is 2.26. The van der Waals surface area contributed by atoms with E-state index in [1.54, 1.807) is 12.1 Å². The van der Waals surface area contributed by atoms with E-state index in [4.69, 9.17) is 11.6 Å². The number of aryl methyl sites for hydroxylation is 1. The molecule has 0 unspecified atom stereocenters. The van der Waals surface area contributed by atoms with Crippen LogP contribution < -0.4 is 5.32 Å². The number of alkyl halides is 1. The third-order valence-corrected chi connectivity index (χ3v) is 4.17. The summed E-state index contributed by atoms with van der Waals surface area (Å²) >= 11 is 9.19. The Morgan fingerprint density at radius 1 is 1.21 bits per heavy atom. The van der Waals surface area contributed by atoms with Gasteiger partial charge in [0.15, 0.2) is 0 Å². The zero-order valence-electron chi connectivity index (χ0n) is 10.4. The molecule has 0 atom stereocenters. The van der Waals surface area contributed by atoms with Crippen molar-refractivity contribution in [2.75, 3.05) is 5.32 Å². The molecule has 0 spiro atoms. The van der Waals surface area contributed by atoms with Gasteiger partial charge in [-0.15, -0.1) is 11.6 Å². The first-order valence-corrected chi connectivity index (χ1v) is 7.16. The van der Waals surface area contributed by atoms with E-state index >= 15 is 0 Å². The minimum atomic E-state index is -0.132. The van der Waals surface area contributed by atoms with Crippen molar-refractivity contribution in [3.05, 3.63) is 63.6 Å². The minimum Gasteiger partial charge on any atom is -0.321 e. The predicted octanol–water partition coefficient (Wildman–Crippen LogP) is 4.75. The lowest BCUT2D eigenvalue weighted by Gasteiger charge is -2.09. The minimum absolute atomic E-state index is 0.132. The van der Waals surface area contributed by atoms with E-state index in [2.05, 4.69) is 21.2 Å². The molecule has 0 radical (unpaired) electrons. The van der Waals surface area contributed by atoms with Crippen LogP contribution in [0.15, 0.2) is 46.9 Å². The third kappa shape index (κ3) is 3.37. The molecule has 0 aliphatic heterocycles. The Balaban J connectivity index is 2.18. The molecule has 2 nitrogen and oxygen atoms in total. The molecule has 2 rings (SSSR count). The zero-order chi connectivity index (χ0) is 13.8. The topological polar surface area (TPSA) is 29.1 Å². The van der Waals surface area contributed by atoms with Gasteiger partial charge in [-0.2, -0.15) is 0 Å². The van der Waals surface area contributed by atoms with Crippen molar-refractivity contribution >= 4 is 39.1 Å². The Morgan fingerprint density at radius 3 is 2.53 bits per heavy atom. The van der Waals surface area contributed by atoms with Gasteiger partial charge in [0.05, 0.1) is 5.69 Å². The molecular weight excluding hydrogens is 326 g/mol. The van der Waals surface area contributed by atoms with Gasteiger partial charge in [0.25, 0.3) is 5.91 Å². The number of hydrogen-bond acceptors (Lipinski definition) is 1. The Bertz CT molecular complexity index is 596. The average molecular weight is 339 g/mol. The Hall–Kier alpha value is -1.32. The molecule has 98 valence electrons. The molecule has 1 N–H and O–H groups in total. The average Bonchev–Trinajstić information content (AvgIpc) is 2.44. The van der Waals surface area contributed by atoms with Gasteiger partial charge in [0, 0.05) is 15.9 Å². The van der Waals surface area contributed by atoms with Crippen molar-refractivity contribution in [3.63, 3.8) is 0 Å². The molecule has 19 heavy (non-hydrogen) atoms. The Morgan fingerprint density at radius 2 is 1.89 bits per heavy atom. The molecule has 0 aliphatic rings. The second kappa shape index (κ2) is 6.22. The van der Waals surface area contributed by atoms with Gasteiger partial charge in [-0.25, -0.2) is 0 Å². The van der Waals surface area contributed by atoms with E-state index < -0.39 is 0 Å². The molecule has 0 saturated heterocycles. The highest BCUT2D eigenvalue weighted by molar-refractivity contribution is 9.10. The number of rotatable bonds is 3. The number of anilines is 1. The SMILES string of the molecule is Cc1cccc(NC(=O)c2ccc(CCl)cc2)c1Br. The van der Waals surface area contributed by atoms with Crippen LogP contribution in [0.3, 0.4) is 0 Å². The van der Waals surface area contributed by atoms with Gasteiger partial charge in [-0.05, 0) is 52.2 Å². The lowest BCUT2D eigenvalue weighted by atomic mass is 10.1. The summed E-state index contributed by atoms with van der Waals surface area (Å²) in [5.41, 5.74) is 3.46. The van der Waals surface area contributed by atoms with Crippen molar-refractivity contribution in [2.24, 2.45) is 0 Å². The monoisotopic (exact) mass is 337 g/mol. The van der Waals surface area contributed by atoms with E-state index in [1.165, 1.54) is 0 Å². The van der Waals surface area contributed by atoms with Gasteiger partial charge in [0.2, 0.25) is 0 Å². The van der Waals surface area contributed by atoms with Crippen LogP contribution in [0, 0.1) is 6.92 Å². The van der Waals surface area contributed by atoms with Crippen LogP contribution >= 0.6 is 27.5 Å². The second-order valence-corrected chi connectivity index (χ2v) is 5.28. The number of benzene rings is 2. The molecule has 0 bridgehead atoms. The van der Waals surface area contributed by atoms with Crippen molar-refractivity contribution < 1.29 is 4.79 Å². The smallest absolute Gasteiger partial charge is 0.255 e. The summed E-state index contributed by atoms with van der Waals surface area (Å²) in [5.74, 6) is 0.318. The van der Waals surface area contributed by atoms with E-state index in [1.807, 2.05) is 37.3 Å². The summed E-state index contributed by atoms with van der Waals surface area (Å²) in [7, 11) is 0. The van der Waals surface area contributed by atoms with Crippen LogP contribution in [0.5, 0.6) is 0 Å². The maximum atomic E-state index is 12.1. The number of amides is 1. The molecule has 2 aromatic carbocycles. The molecular formula is C15H13BrClNO. The maximum Gasteiger partial charge on any atom is 0.255 e. The lowest BCUT2D eigenvalue weighted by molar-refractivity contribution is 0.102. The highest BCUT2D eigenvalue weighted by Gasteiger charge is 2.09. The predicted molar refractivity (Wildman–Crippen MR) is 82.8 cm³/mol. The van der Waals surface area contributed by atoms with Crippen LogP contribution in [0.4, 0.5) is 5.69 Å². The molecule has 0 heterocycles. The fraction of sp³-hybridized carbons (Fsp3) is 0.133. The number of halogens is 2. The largest absolute Gasteiger partial charge is 0.321 e. The van der Waals surface area contributed by atoms with Gasteiger partial charge >= 0.3 is 0 Å². The first-order valence-electron chi connectivity index (χ1n) is 5.83. The number of carbonyl (C=O) groups excluding carboxylic acids is 1. The van der Waals surface area contributed by atoms with Gasteiger partial charge in [-0.1, -0.05) is 24.3 Å². The summed E-state index contributed by atoms with van der Waals surface area (Å²) in [4.78, 5) is 12.1. The summed E-state index contributed by atoms with van der Waals surface area (Å²) in [6, 6.07) is 13.0. The molecule has 1 amide bonds. The van der Waals surface area contributed by atoms with E-state index in [0.717, 1.165) is 21.3 Å². The Kier molecular flexibility index (Phi) is 4.61. The zero-order valence-corrected chi connectivity index (χ0v) is 12.8. The van der Waals surface area contributed by atoms with Gasteiger partial charge in [0.1, 0.15) is 0 Å². The fourth-order valence-electron chi connectivity index (χ4n) is 1.68. The molecule has 0 saturated carbocycles. The molecule has 4 heteroatoms. The quantitative estimate of drug-likeness (QED) is 0.804. The van der Waals surface area contributed by atoms with Crippen molar-refractivity contribution in [3.8, 4) is 0 Å². The molecule has 2 aromatic rings. The fourth-order valence-corrected chi connectivity index (χ4v) is 2.23. The van der Waals surface area contributed by atoms with E-state index in [9.17, 15) is 4.79 Å². The third-order valence-electron chi connectivity index (χ3n) is 2.81.